The first kappa shape index (κ1) is 18.2. The third-order valence-corrected chi connectivity index (χ3v) is 4.73. The lowest BCUT2D eigenvalue weighted by Gasteiger charge is -2.30. The molecule has 0 bridgehead atoms. The van der Waals surface area contributed by atoms with Crippen LogP contribution in [0.5, 0.6) is 0 Å². The molecule has 5 heteroatoms. The molecule has 0 saturated carbocycles. The minimum absolute atomic E-state index is 0. The second-order valence-electron chi connectivity index (χ2n) is 6.50. The fraction of sp³-hybridized carbons (Fsp3) is 0.238. The molecule has 26 heavy (non-hydrogen) atoms. The van der Waals surface area contributed by atoms with Crippen LogP contribution in [-0.2, 0) is 13.0 Å². The quantitative estimate of drug-likeness (QED) is 0.681. The van der Waals surface area contributed by atoms with Crippen molar-refractivity contribution in [3.63, 3.8) is 0 Å². The van der Waals surface area contributed by atoms with E-state index in [1.807, 2.05) is 37.1 Å². The highest BCUT2D eigenvalue weighted by Gasteiger charge is 2.19. The van der Waals surface area contributed by atoms with E-state index in [1.54, 1.807) is 0 Å². The van der Waals surface area contributed by atoms with Gasteiger partial charge in [0.05, 0.1) is 0 Å². The maximum absolute atomic E-state index is 4.85. The van der Waals surface area contributed by atoms with Gasteiger partial charge in [0.15, 0.2) is 0 Å². The van der Waals surface area contributed by atoms with Crippen LogP contribution in [0.4, 0.5) is 17.5 Å². The molecule has 0 radical (unpaired) electrons. The number of aryl methyl sites for hydroxylation is 1. The van der Waals surface area contributed by atoms with Gasteiger partial charge in [-0.15, -0.1) is 12.4 Å². The summed E-state index contributed by atoms with van der Waals surface area (Å²) in [7, 11) is 2.01. The predicted octanol–water partition coefficient (Wildman–Crippen LogP) is 4.54. The van der Waals surface area contributed by atoms with Gasteiger partial charge in [-0.1, -0.05) is 42.5 Å². The normalized spacial score (nSPS) is 12.9. The summed E-state index contributed by atoms with van der Waals surface area (Å²) >= 11 is 0. The Morgan fingerprint density at radius 1 is 0.923 bits per heavy atom. The first-order valence-corrected chi connectivity index (χ1v) is 8.67. The van der Waals surface area contributed by atoms with Gasteiger partial charge < -0.3 is 9.80 Å². The van der Waals surface area contributed by atoms with Gasteiger partial charge in [0.2, 0.25) is 5.95 Å². The standard InChI is InChI=1S/C21H22N4.ClH/c1-16-14-20(25-13-12-17-8-6-7-9-18(17)15-25)23-21(22-16)24(2)19-10-4-3-5-11-19;/h3-11,14H,12-13,15H2,1-2H3;1H. The summed E-state index contributed by atoms with van der Waals surface area (Å²) in [6.45, 7) is 3.93. The van der Waals surface area contributed by atoms with Crippen molar-refractivity contribution in [2.24, 2.45) is 0 Å². The molecule has 1 aliphatic rings. The Bertz CT molecular complexity index is 882. The highest BCUT2D eigenvalue weighted by molar-refractivity contribution is 5.85. The molecular weight excluding hydrogens is 344 g/mol. The second-order valence-corrected chi connectivity index (χ2v) is 6.50. The summed E-state index contributed by atoms with van der Waals surface area (Å²) in [4.78, 5) is 13.9. The molecule has 4 rings (SSSR count). The fourth-order valence-electron chi connectivity index (χ4n) is 3.31. The molecule has 0 amide bonds. The molecule has 134 valence electrons. The molecule has 2 heterocycles. The summed E-state index contributed by atoms with van der Waals surface area (Å²) in [5, 5.41) is 0. The van der Waals surface area contributed by atoms with Crippen LogP contribution in [0, 0.1) is 6.92 Å². The third-order valence-electron chi connectivity index (χ3n) is 4.73. The van der Waals surface area contributed by atoms with E-state index in [-0.39, 0.29) is 12.4 Å². The molecule has 0 unspecified atom stereocenters. The van der Waals surface area contributed by atoms with Crippen LogP contribution >= 0.6 is 12.4 Å². The zero-order valence-corrected chi connectivity index (χ0v) is 15.9. The Labute approximate surface area is 160 Å². The van der Waals surface area contributed by atoms with Crippen molar-refractivity contribution in [2.45, 2.75) is 19.9 Å². The van der Waals surface area contributed by atoms with E-state index < -0.39 is 0 Å². The highest BCUT2D eigenvalue weighted by Crippen LogP contribution is 2.26. The lowest BCUT2D eigenvalue weighted by Crippen LogP contribution is -2.31. The molecule has 0 atom stereocenters. The van der Waals surface area contributed by atoms with Crippen molar-refractivity contribution >= 4 is 29.9 Å². The number of anilines is 3. The topological polar surface area (TPSA) is 32.3 Å². The molecule has 0 aliphatic carbocycles. The van der Waals surface area contributed by atoms with Crippen molar-refractivity contribution in [1.82, 2.24) is 9.97 Å². The molecule has 1 aromatic heterocycles. The number of aromatic nitrogens is 2. The number of halogens is 1. The van der Waals surface area contributed by atoms with E-state index in [0.717, 1.165) is 42.7 Å². The molecule has 2 aromatic carbocycles. The smallest absolute Gasteiger partial charge is 0.231 e. The van der Waals surface area contributed by atoms with Crippen LogP contribution in [0.2, 0.25) is 0 Å². The summed E-state index contributed by atoms with van der Waals surface area (Å²) in [5.41, 5.74) is 4.92. The number of rotatable bonds is 3. The lowest BCUT2D eigenvalue weighted by molar-refractivity contribution is 0.718. The predicted molar refractivity (Wildman–Crippen MR) is 110 cm³/mol. The Balaban J connectivity index is 0.00000196. The van der Waals surface area contributed by atoms with Crippen LogP contribution in [0.15, 0.2) is 60.7 Å². The molecule has 1 aliphatic heterocycles. The van der Waals surface area contributed by atoms with E-state index in [9.17, 15) is 0 Å². The van der Waals surface area contributed by atoms with Crippen molar-refractivity contribution in [1.29, 1.82) is 0 Å². The zero-order chi connectivity index (χ0) is 17.2. The van der Waals surface area contributed by atoms with Gasteiger partial charge in [0.25, 0.3) is 0 Å². The van der Waals surface area contributed by atoms with Crippen molar-refractivity contribution in [3.8, 4) is 0 Å². The Morgan fingerprint density at radius 2 is 1.62 bits per heavy atom. The number of benzene rings is 2. The van der Waals surface area contributed by atoms with E-state index in [4.69, 9.17) is 4.98 Å². The van der Waals surface area contributed by atoms with Crippen LogP contribution in [-0.4, -0.2) is 23.6 Å². The average molecular weight is 367 g/mol. The van der Waals surface area contributed by atoms with Gasteiger partial charge in [0, 0.05) is 37.6 Å². The van der Waals surface area contributed by atoms with Crippen molar-refractivity contribution < 1.29 is 0 Å². The van der Waals surface area contributed by atoms with Gasteiger partial charge >= 0.3 is 0 Å². The molecule has 0 fully saturated rings. The Kier molecular flexibility index (Phi) is 5.43. The van der Waals surface area contributed by atoms with Crippen LogP contribution < -0.4 is 9.80 Å². The summed E-state index contributed by atoms with van der Waals surface area (Å²) in [6, 6.07) is 21.0. The Morgan fingerprint density at radius 3 is 2.38 bits per heavy atom. The fourth-order valence-corrected chi connectivity index (χ4v) is 3.31. The first-order chi connectivity index (χ1) is 12.2. The third kappa shape index (κ3) is 3.65. The SMILES string of the molecule is Cc1cc(N2CCc3ccccc3C2)nc(N(C)c2ccccc2)n1.Cl. The zero-order valence-electron chi connectivity index (χ0n) is 15.1. The largest absolute Gasteiger partial charge is 0.352 e. The number of hydrogen-bond acceptors (Lipinski definition) is 4. The van der Waals surface area contributed by atoms with Gasteiger partial charge in [-0.2, -0.15) is 4.98 Å². The minimum atomic E-state index is 0. The summed E-state index contributed by atoms with van der Waals surface area (Å²) < 4.78 is 0. The average Bonchev–Trinajstić information content (AvgIpc) is 2.67. The van der Waals surface area contributed by atoms with E-state index in [1.165, 1.54) is 11.1 Å². The summed E-state index contributed by atoms with van der Waals surface area (Å²) in [5.74, 6) is 1.74. The Hall–Kier alpha value is -2.59. The van der Waals surface area contributed by atoms with Crippen molar-refractivity contribution in [2.75, 3.05) is 23.4 Å². The number of hydrogen-bond donors (Lipinski definition) is 0. The number of nitrogens with zero attached hydrogens (tertiary/aromatic N) is 4. The summed E-state index contributed by atoms with van der Waals surface area (Å²) in [6.07, 6.45) is 1.06. The maximum atomic E-state index is 4.85. The van der Waals surface area contributed by atoms with Gasteiger partial charge in [0.1, 0.15) is 5.82 Å². The molecular formula is C21H23ClN4. The maximum Gasteiger partial charge on any atom is 0.231 e. The minimum Gasteiger partial charge on any atom is -0.352 e. The molecule has 3 aromatic rings. The van der Waals surface area contributed by atoms with Crippen LogP contribution in [0.3, 0.4) is 0 Å². The van der Waals surface area contributed by atoms with E-state index in [0.29, 0.717) is 0 Å². The van der Waals surface area contributed by atoms with Crippen LogP contribution in [0.25, 0.3) is 0 Å². The van der Waals surface area contributed by atoms with Gasteiger partial charge in [-0.3, -0.25) is 0 Å². The number of para-hydroxylation sites is 1. The van der Waals surface area contributed by atoms with E-state index in [2.05, 4.69) is 52.3 Å². The van der Waals surface area contributed by atoms with E-state index >= 15 is 0 Å². The molecule has 0 saturated heterocycles. The molecule has 4 nitrogen and oxygen atoms in total. The lowest BCUT2D eigenvalue weighted by atomic mass is 10.00. The highest BCUT2D eigenvalue weighted by atomic mass is 35.5. The second kappa shape index (κ2) is 7.75. The first-order valence-electron chi connectivity index (χ1n) is 8.67. The van der Waals surface area contributed by atoms with Gasteiger partial charge in [-0.05, 0) is 36.6 Å². The molecule has 0 spiro atoms. The number of fused-ring (bicyclic) bond motifs is 1. The van der Waals surface area contributed by atoms with Crippen molar-refractivity contribution in [3.05, 3.63) is 77.5 Å². The monoisotopic (exact) mass is 366 g/mol. The van der Waals surface area contributed by atoms with Gasteiger partial charge in [-0.25, -0.2) is 4.98 Å². The van der Waals surface area contributed by atoms with Crippen LogP contribution in [0.1, 0.15) is 16.8 Å². The molecule has 0 N–H and O–H groups in total.